The second-order valence-corrected chi connectivity index (χ2v) is 4.36. The van der Waals surface area contributed by atoms with Gasteiger partial charge < -0.3 is 5.32 Å². The van der Waals surface area contributed by atoms with Crippen molar-refractivity contribution in [3.05, 3.63) is 28.5 Å². The van der Waals surface area contributed by atoms with E-state index in [1.807, 2.05) is 6.92 Å². The second-order valence-electron chi connectivity index (χ2n) is 3.95. The van der Waals surface area contributed by atoms with Crippen molar-refractivity contribution in [2.45, 2.75) is 13.5 Å². The minimum Gasteiger partial charge on any atom is -0.314 e. The van der Waals surface area contributed by atoms with E-state index < -0.39 is 0 Å². The molecule has 2 rings (SSSR count). The Kier molecular flexibility index (Phi) is 3.57. The normalized spacial score (nSPS) is 18.0. The van der Waals surface area contributed by atoms with Crippen LogP contribution < -0.4 is 5.32 Å². The third-order valence-corrected chi connectivity index (χ3v) is 3.09. The molecule has 0 spiro atoms. The number of pyridine rings is 1. The number of aromatic nitrogens is 1. The van der Waals surface area contributed by atoms with Crippen LogP contribution in [0.4, 0.5) is 0 Å². The summed E-state index contributed by atoms with van der Waals surface area (Å²) in [5.41, 5.74) is 2.22. The minimum atomic E-state index is 0.749. The van der Waals surface area contributed by atoms with Gasteiger partial charge in [0.15, 0.2) is 0 Å². The van der Waals surface area contributed by atoms with Crippen molar-refractivity contribution in [2.24, 2.45) is 0 Å². The van der Waals surface area contributed by atoms with Crippen LogP contribution in [0.2, 0.25) is 5.02 Å². The Morgan fingerprint density at radius 1 is 1.47 bits per heavy atom. The summed E-state index contributed by atoms with van der Waals surface area (Å²) < 4.78 is 0. The summed E-state index contributed by atoms with van der Waals surface area (Å²) in [4.78, 5) is 6.75. The van der Waals surface area contributed by atoms with Gasteiger partial charge in [0, 0.05) is 38.9 Å². The number of aryl methyl sites for hydroxylation is 1. The number of piperazine rings is 1. The first-order valence-corrected chi connectivity index (χ1v) is 5.67. The average Bonchev–Trinajstić information content (AvgIpc) is 2.25. The molecule has 2 heterocycles. The van der Waals surface area contributed by atoms with E-state index in [-0.39, 0.29) is 0 Å². The van der Waals surface area contributed by atoms with Gasteiger partial charge in [-0.1, -0.05) is 11.6 Å². The zero-order valence-corrected chi connectivity index (χ0v) is 9.72. The molecule has 0 radical (unpaired) electrons. The Balaban J connectivity index is 2.00. The Bertz CT molecular complexity index is 335. The molecule has 0 amide bonds. The Hall–Kier alpha value is -0.640. The lowest BCUT2D eigenvalue weighted by molar-refractivity contribution is 0.230. The van der Waals surface area contributed by atoms with Gasteiger partial charge in [-0.05, 0) is 18.6 Å². The van der Waals surface area contributed by atoms with Gasteiger partial charge in [0.25, 0.3) is 0 Å². The van der Waals surface area contributed by atoms with Crippen molar-refractivity contribution < 1.29 is 0 Å². The predicted octanol–water partition coefficient (Wildman–Crippen LogP) is 1.45. The van der Waals surface area contributed by atoms with Crippen molar-refractivity contribution in [1.29, 1.82) is 0 Å². The molecule has 1 aromatic rings. The average molecular weight is 226 g/mol. The highest BCUT2D eigenvalue weighted by molar-refractivity contribution is 6.31. The number of nitrogens with one attached hydrogen (secondary N) is 1. The van der Waals surface area contributed by atoms with E-state index in [1.165, 1.54) is 0 Å². The fourth-order valence-electron chi connectivity index (χ4n) is 1.78. The number of nitrogens with zero attached hydrogens (tertiary/aromatic N) is 2. The lowest BCUT2D eigenvalue weighted by Gasteiger charge is -2.26. The van der Waals surface area contributed by atoms with Crippen LogP contribution in [0.15, 0.2) is 12.3 Å². The quantitative estimate of drug-likeness (QED) is 0.826. The molecular weight excluding hydrogens is 210 g/mol. The van der Waals surface area contributed by atoms with Gasteiger partial charge in [0.1, 0.15) is 0 Å². The van der Waals surface area contributed by atoms with E-state index in [0.717, 1.165) is 49.0 Å². The Morgan fingerprint density at radius 2 is 2.20 bits per heavy atom. The maximum Gasteiger partial charge on any atom is 0.0618 e. The van der Waals surface area contributed by atoms with Crippen LogP contribution in [0.1, 0.15) is 11.3 Å². The van der Waals surface area contributed by atoms with Gasteiger partial charge >= 0.3 is 0 Å². The van der Waals surface area contributed by atoms with Crippen molar-refractivity contribution in [3.63, 3.8) is 0 Å². The van der Waals surface area contributed by atoms with E-state index in [9.17, 15) is 0 Å². The smallest absolute Gasteiger partial charge is 0.0618 e. The Labute approximate surface area is 95.4 Å². The molecule has 0 aromatic carbocycles. The summed E-state index contributed by atoms with van der Waals surface area (Å²) >= 11 is 5.94. The van der Waals surface area contributed by atoms with Gasteiger partial charge in [0.05, 0.1) is 10.7 Å². The lowest BCUT2D eigenvalue weighted by atomic mass is 10.2. The number of halogens is 1. The molecule has 1 fully saturated rings. The van der Waals surface area contributed by atoms with Gasteiger partial charge in [-0.2, -0.15) is 0 Å². The molecule has 1 aliphatic rings. The summed E-state index contributed by atoms with van der Waals surface area (Å²) in [6, 6.07) is 2.07. The maximum absolute atomic E-state index is 5.94. The highest BCUT2D eigenvalue weighted by Crippen LogP contribution is 2.14. The summed E-state index contributed by atoms with van der Waals surface area (Å²) in [5, 5.41) is 4.09. The van der Waals surface area contributed by atoms with Crippen LogP contribution in [0, 0.1) is 6.92 Å². The van der Waals surface area contributed by atoms with Crippen LogP contribution in [-0.4, -0.2) is 36.1 Å². The van der Waals surface area contributed by atoms with Gasteiger partial charge in [-0.15, -0.1) is 0 Å². The van der Waals surface area contributed by atoms with Gasteiger partial charge in [-0.25, -0.2) is 0 Å². The van der Waals surface area contributed by atoms with Crippen LogP contribution in [-0.2, 0) is 6.54 Å². The van der Waals surface area contributed by atoms with E-state index in [4.69, 9.17) is 11.6 Å². The molecular formula is C11H16ClN3. The van der Waals surface area contributed by atoms with Gasteiger partial charge in [-0.3, -0.25) is 9.88 Å². The molecule has 1 saturated heterocycles. The molecule has 1 aromatic heterocycles. The molecule has 0 saturated carbocycles. The molecule has 0 aliphatic carbocycles. The van der Waals surface area contributed by atoms with E-state index in [0.29, 0.717) is 0 Å². The minimum absolute atomic E-state index is 0.749. The zero-order valence-electron chi connectivity index (χ0n) is 8.96. The molecule has 1 aliphatic heterocycles. The first-order chi connectivity index (χ1) is 7.25. The second kappa shape index (κ2) is 4.92. The van der Waals surface area contributed by atoms with Crippen molar-refractivity contribution in [2.75, 3.05) is 26.2 Å². The molecule has 0 unspecified atom stereocenters. The third-order valence-electron chi connectivity index (χ3n) is 2.70. The van der Waals surface area contributed by atoms with Crippen LogP contribution in [0.3, 0.4) is 0 Å². The number of hydrogen-bond acceptors (Lipinski definition) is 3. The van der Waals surface area contributed by atoms with Crippen LogP contribution in [0.25, 0.3) is 0 Å². The summed E-state index contributed by atoms with van der Waals surface area (Å²) in [7, 11) is 0. The SMILES string of the molecule is Cc1cc(CN2CCNCC2)ncc1Cl. The highest BCUT2D eigenvalue weighted by atomic mass is 35.5. The fourth-order valence-corrected chi connectivity index (χ4v) is 1.89. The predicted molar refractivity (Wildman–Crippen MR) is 62.1 cm³/mol. The molecule has 0 atom stereocenters. The lowest BCUT2D eigenvalue weighted by Crippen LogP contribution is -2.43. The summed E-state index contributed by atoms with van der Waals surface area (Å²) in [6.45, 7) is 7.30. The molecule has 15 heavy (non-hydrogen) atoms. The first-order valence-electron chi connectivity index (χ1n) is 5.30. The van der Waals surface area contributed by atoms with Gasteiger partial charge in [0.2, 0.25) is 0 Å². The fraction of sp³-hybridized carbons (Fsp3) is 0.545. The first kappa shape index (κ1) is 10.9. The standard InChI is InChI=1S/C11H16ClN3/c1-9-6-10(14-7-11(9)12)8-15-4-2-13-3-5-15/h6-7,13H,2-5,8H2,1H3. The zero-order chi connectivity index (χ0) is 10.7. The molecule has 82 valence electrons. The van der Waals surface area contributed by atoms with Crippen molar-refractivity contribution in [3.8, 4) is 0 Å². The Morgan fingerprint density at radius 3 is 2.87 bits per heavy atom. The largest absolute Gasteiger partial charge is 0.314 e. The van der Waals surface area contributed by atoms with Crippen LogP contribution in [0.5, 0.6) is 0 Å². The van der Waals surface area contributed by atoms with E-state index >= 15 is 0 Å². The van der Waals surface area contributed by atoms with Crippen molar-refractivity contribution >= 4 is 11.6 Å². The summed E-state index contributed by atoms with van der Waals surface area (Å²) in [6.07, 6.45) is 1.74. The van der Waals surface area contributed by atoms with E-state index in [1.54, 1.807) is 6.20 Å². The van der Waals surface area contributed by atoms with E-state index in [2.05, 4.69) is 21.3 Å². The number of rotatable bonds is 2. The molecule has 3 nitrogen and oxygen atoms in total. The van der Waals surface area contributed by atoms with Crippen molar-refractivity contribution in [1.82, 2.24) is 15.2 Å². The monoisotopic (exact) mass is 225 g/mol. The summed E-state index contributed by atoms with van der Waals surface area (Å²) in [5.74, 6) is 0. The molecule has 0 bridgehead atoms. The molecule has 4 heteroatoms. The highest BCUT2D eigenvalue weighted by Gasteiger charge is 2.10. The molecule has 1 N–H and O–H groups in total. The number of hydrogen-bond donors (Lipinski definition) is 1. The third kappa shape index (κ3) is 2.91. The topological polar surface area (TPSA) is 28.2 Å². The van der Waals surface area contributed by atoms with Crippen LogP contribution >= 0.6 is 11.6 Å². The maximum atomic E-state index is 5.94.